The van der Waals surface area contributed by atoms with Crippen LogP contribution in [0.3, 0.4) is 0 Å². The Kier molecular flexibility index (Phi) is 9.76. The first-order chi connectivity index (χ1) is 16.8. The molecular formula is C28H40N4O2. The van der Waals surface area contributed by atoms with Crippen molar-refractivity contribution in [3.63, 3.8) is 0 Å². The number of pyridine rings is 1. The molecule has 1 aliphatic carbocycles. The fourth-order valence-corrected chi connectivity index (χ4v) is 5.08. The van der Waals surface area contributed by atoms with Crippen LogP contribution in [0.5, 0.6) is 5.75 Å². The van der Waals surface area contributed by atoms with Gasteiger partial charge >= 0.3 is 0 Å². The Labute approximate surface area is 204 Å². The van der Waals surface area contributed by atoms with E-state index in [1.807, 2.05) is 18.2 Å². The summed E-state index contributed by atoms with van der Waals surface area (Å²) >= 11 is 0. The molecule has 0 spiro atoms. The molecule has 1 N–H and O–H groups in total. The zero-order valence-corrected chi connectivity index (χ0v) is 20.4. The topological polar surface area (TPSA) is 57.7 Å². The van der Waals surface area contributed by atoms with Gasteiger partial charge in [0.2, 0.25) is 5.91 Å². The molecule has 2 fully saturated rings. The molecule has 2 aliphatic rings. The zero-order chi connectivity index (χ0) is 23.4. The van der Waals surface area contributed by atoms with Crippen molar-refractivity contribution in [3.8, 4) is 5.75 Å². The largest absolute Gasteiger partial charge is 0.490 e. The van der Waals surface area contributed by atoms with Crippen LogP contribution in [-0.4, -0.2) is 72.1 Å². The number of amides is 1. The Morgan fingerprint density at radius 3 is 2.65 bits per heavy atom. The number of carbonyl (C=O) groups excluding carboxylic acids is 1. The number of carbonyl (C=O) groups is 1. The lowest BCUT2D eigenvalue weighted by molar-refractivity contribution is -0.134. The number of benzene rings is 1. The Morgan fingerprint density at radius 1 is 1.06 bits per heavy atom. The van der Waals surface area contributed by atoms with Crippen LogP contribution < -0.4 is 10.1 Å². The maximum absolute atomic E-state index is 13.2. The first-order valence-electron chi connectivity index (χ1n) is 13.1. The Morgan fingerprint density at radius 2 is 1.91 bits per heavy atom. The van der Waals surface area contributed by atoms with Crippen LogP contribution in [0.4, 0.5) is 0 Å². The van der Waals surface area contributed by atoms with E-state index in [1.54, 1.807) is 12.4 Å². The lowest BCUT2D eigenvalue weighted by Crippen LogP contribution is -2.54. The van der Waals surface area contributed by atoms with Crippen molar-refractivity contribution in [2.75, 3.05) is 39.3 Å². The summed E-state index contributed by atoms with van der Waals surface area (Å²) in [6.07, 6.45) is 12.4. The van der Waals surface area contributed by atoms with Crippen molar-refractivity contribution in [2.24, 2.45) is 0 Å². The molecule has 0 radical (unpaired) electrons. The van der Waals surface area contributed by atoms with Gasteiger partial charge in [-0.1, -0.05) is 49.6 Å². The third kappa shape index (κ3) is 7.54. The summed E-state index contributed by atoms with van der Waals surface area (Å²) in [5, 5.41) is 3.47. The van der Waals surface area contributed by atoms with Crippen molar-refractivity contribution in [3.05, 3.63) is 60.4 Å². The lowest BCUT2D eigenvalue weighted by Gasteiger charge is -2.43. The Bertz CT molecular complexity index is 842. The number of rotatable bonds is 13. The lowest BCUT2D eigenvalue weighted by atomic mass is 9.93. The van der Waals surface area contributed by atoms with E-state index in [-0.39, 0.29) is 0 Å². The van der Waals surface area contributed by atoms with E-state index in [0.717, 1.165) is 64.2 Å². The van der Waals surface area contributed by atoms with Gasteiger partial charge < -0.3 is 15.0 Å². The third-order valence-corrected chi connectivity index (χ3v) is 7.26. The van der Waals surface area contributed by atoms with Crippen LogP contribution in [0.2, 0.25) is 0 Å². The average molecular weight is 465 g/mol. The highest BCUT2D eigenvalue weighted by Gasteiger charge is 2.31. The van der Waals surface area contributed by atoms with Gasteiger partial charge in [-0.25, -0.2) is 0 Å². The molecule has 1 atom stereocenters. The van der Waals surface area contributed by atoms with Crippen LogP contribution in [0.25, 0.3) is 0 Å². The van der Waals surface area contributed by atoms with Gasteiger partial charge in [0.15, 0.2) is 0 Å². The highest BCUT2D eigenvalue weighted by Crippen LogP contribution is 2.24. The number of likely N-dealkylation sites (tertiary alicyclic amines) is 1. The van der Waals surface area contributed by atoms with Crippen LogP contribution in [-0.2, 0) is 11.2 Å². The predicted octanol–water partition coefficient (Wildman–Crippen LogP) is 3.92. The molecule has 1 aromatic carbocycles. The fourth-order valence-electron chi connectivity index (χ4n) is 5.08. The molecule has 184 valence electrons. The molecule has 1 unspecified atom stereocenters. The van der Waals surface area contributed by atoms with Crippen LogP contribution in [0.15, 0.2) is 54.9 Å². The van der Waals surface area contributed by atoms with Crippen molar-refractivity contribution >= 4 is 5.91 Å². The standard InChI is InChI=1S/C28H40N4O2/c33-28(14-18-29-17-13-24-8-3-1-4-9-24)32(25-10-5-2-6-11-25)21-20-31-19-15-26(31)23-34-27-12-7-16-30-22-27/h1,3-4,7-9,12,16,22,25-26,29H,2,5-6,10-11,13-15,17-21,23H2. The van der Waals surface area contributed by atoms with E-state index < -0.39 is 0 Å². The van der Waals surface area contributed by atoms with E-state index >= 15 is 0 Å². The predicted molar refractivity (Wildman–Crippen MR) is 136 cm³/mol. The van der Waals surface area contributed by atoms with Crippen molar-refractivity contribution in [1.82, 2.24) is 20.1 Å². The highest BCUT2D eigenvalue weighted by molar-refractivity contribution is 5.76. The normalized spacial score (nSPS) is 18.9. The van der Waals surface area contributed by atoms with E-state index in [2.05, 4.69) is 44.4 Å². The minimum atomic E-state index is 0.308. The van der Waals surface area contributed by atoms with Gasteiger partial charge in [0, 0.05) is 50.9 Å². The average Bonchev–Trinajstić information content (AvgIpc) is 2.87. The van der Waals surface area contributed by atoms with E-state index in [1.165, 1.54) is 24.8 Å². The molecule has 0 bridgehead atoms. The molecular weight excluding hydrogens is 424 g/mol. The smallest absolute Gasteiger partial charge is 0.224 e. The maximum Gasteiger partial charge on any atom is 0.224 e. The van der Waals surface area contributed by atoms with Gasteiger partial charge in [0.05, 0.1) is 6.20 Å². The van der Waals surface area contributed by atoms with Crippen molar-refractivity contribution in [1.29, 1.82) is 0 Å². The van der Waals surface area contributed by atoms with E-state index in [4.69, 9.17) is 4.74 Å². The molecule has 1 saturated heterocycles. The van der Waals surface area contributed by atoms with Gasteiger partial charge in [0.1, 0.15) is 12.4 Å². The number of aromatic nitrogens is 1. The SMILES string of the molecule is O=C(CCNCCc1ccccc1)N(CCN1CCC1COc1cccnc1)C1CCCCC1. The first-order valence-corrected chi connectivity index (χ1v) is 13.1. The molecule has 1 aliphatic heterocycles. The fraction of sp³-hybridized carbons (Fsp3) is 0.571. The number of ether oxygens (including phenoxy) is 1. The molecule has 6 heteroatoms. The quantitative estimate of drug-likeness (QED) is 0.456. The van der Waals surface area contributed by atoms with Crippen LogP contribution in [0, 0.1) is 0 Å². The molecule has 2 aromatic rings. The monoisotopic (exact) mass is 464 g/mol. The van der Waals surface area contributed by atoms with Gasteiger partial charge in [0.25, 0.3) is 0 Å². The van der Waals surface area contributed by atoms with Crippen molar-refractivity contribution in [2.45, 2.75) is 63.5 Å². The Hall–Kier alpha value is -2.44. The van der Waals surface area contributed by atoms with Crippen LogP contribution in [0.1, 0.15) is 50.5 Å². The van der Waals surface area contributed by atoms with Crippen LogP contribution >= 0.6 is 0 Å². The molecule has 1 amide bonds. The summed E-state index contributed by atoms with van der Waals surface area (Å²) in [5.41, 5.74) is 1.33. The van der Waals surface area contributed by atoms with Gasteiger partial charge in [-0.3, -0.25) is 14.7 Å². The number of hydrogen-bond acceptors (Lipinski definition) is 5. The number of hydrogen-bond donors (Lipinski definition) is 1. The highest BCUT2D eigenvalue weighted by atomic mass is 16.5. The minimum absolute atomic E-state index is 0.308. The molecule has 1 saturated carbocycles. The number of nitrogens with zero attached hydrogens (tertiary/aromatic N) is 3. The summed E-state index contributed by atoms with van der Waals surface area (Å²) in [4.78, 5) is 22.0. The molecule has 1 aromatic heterocycles. The summed E-state index contributed by atoms with van der Waals surface area (Å²) in [5.74, 6) is 1.14. The second-order valence-electron chi connectivity index (χ2n) is 9.59. The second-order valence-corrected chi connectivity index (χ2v) is 9.59. The van der Waals surface area contributed by atoms with Gasteiger partial charge in [-0.2, -0.15) is 0 Å². The molecule has 34 heavy (non-hydrogen) atoms. The Balaban J connectivity index is 1.20. The molecule has 6 nitrogen and oxygen atoms in total. The summed E-state index contributed by atoms with van der Waals surface area (Å²) in [6.45, 7) is 5.21. The second kappa shape index (κ2) is 13.4. The first kappa shape index (κ1) is 24.7. The van der Waals surface area contributed by atoms with E-state index in [9.17, 15) is 4.79 Å². The number of nitrogens with one attached hydrogen (secondary N) is 1. The van der Waals surface area contributed by atoms with Gasteiger partial charge in [-0.05, 0) is 49.9 Å². The molecule has 4 rings (SSSR count). The summed E-state index contributed by atoms with van der Waals surface area (Å²) < 4.78 is 5.93. The third-order valence-electron chi connectivity index (χ3n) is 7.26. The summed E-state index contributed by atoms with van der Waals surface area (Å²) in [7, 11) is 0. The van der Waals surface area contributed by atoms with Crippen molar-refractivity contribution < 1.29 is 9.53 Å². The van der Waals surface area contributed by atoms with Gasteiger partial charge in [-0.15, -0.1) is 0 Å². The summed E-state index contributed by atoms with van der Waals surface area (Å²) in [6, 6.07) is 15.2. The molecule has 2 heterocycles. The maximum atomic E-state index is 13.2. The zero-order valence-electron chi connectivity index (χ0n) is 20.4. The minimum Gasteiger partial charge on any atom is -0.490 e. The van der Waals surface area contributed by atoms with E-state index in [0.29, 0.717) is 31.0 Å².